The summed E-state index contributed by atoms with van der Waals surface area (Å²) in [4.78, 5) is 13.5. The lowest BCUT2D eigenvalue weighted by atomic mass is 10.1. The third kappa shape index (κ3) is 2.69. The summed E-state index contributed by atoms with van der Waals surface area (Å²) >= 11 is 3.54. The number of carbonyl (C=O) groups excluding carboxylic acids is 1. The van der Waals surface area contributed by atoms with E-state index in [4.69, 9.17) is 4.74 Å². The van der Waals surface area contributed by atoms with Crippen LogP contribution in [0.4, 0.5) is 5.69 Å². The molecule has 1 aliphatic rings. The van der Waals surface area contributed by atoms with Gasteiger partial charge >= 0.3 is 0 Å². The first-order chi connectivity index (χ1) is 8.63. The van der Waals surface area contributed by atoms with E-state index >= 15 is 0 Å². The molecular formula is C14H18BrNO2. The summed E-state index contributed by atoms with van der Waals surface area (Å²) < 4.78 is 6.61. The molecule has 1 aromatic rings. The number of anilines is 1. The number of hydrogen-bond acceptors (Lipinski definition) is 2. The summed E-state index contributed by atoms with van der Waals surface area (Å²) in [6.07, 6.45) is 3.79. The van der Waals surface area contributed by atoms with E-state index in [1.54, 1.807) is 4.90 Å². The number of aryl methyl sites for hydroxylation is 1. The Labute approximate surface area is 116 Å². The van der Waals surface area contributed by atoms with Crippen LogP contribution >= 0.6 is 15.9 Å². The molecule has 0 bridgehead atoms. The van der Waals surface area contributed by atoms with Crippen molar-refractivity contribution < 1.29 is 9.53 Å². The van der Waals surface area contributed by atoms with Gasteiger partial charge in [0.2, 0.25) is 5.91 Å². The van der Waals surface area contributed by atoms with Crippen LogP contribution in [-0.2, 0) is 11.2 Å². The summed E-state index contributed by atoms with van der Waals surface area (Å²) in [5, 5.41) is 0. The molecular weight excluding hydrogens is 294 g/mol. The Morgan fingerprint density at radius 1 is 1.44 bits per heavy atom. The number of carbonyl (C=O) groups is 1. The van der Waals surface area contributed by atoms with E-state index in [1.165, 1.54) is 12.0 Å². The van der Waals surface area contributed by atoms with Crippen LogP contribution in [0.3, 0.4) is 0 Å². The Kier molecular flexibility index (Phi) is 4.27. The van der Waals surface area contributed by atoms with Crippen LogP contribution in [0.2, 0.25) is 0 Å². The lowest BCUT2D eigenvalue weighted by Crippen LogP contribution is -2.25. The summed E-state index contributed by atoms with van der Waals surface area (Å²) in [6, 6.07) is 4.16. The first-order valence-electron chi connectivity index (χ1n) is 6.35. The zero-order chi connectivity index (χ0) is 13.1. The van der Waals surface area contributed by atoms with Crippen molar-refractivity contribution in [2.75, 3.05) is 18.6 Å². The molecule has 0 atom stereocenters. The standard InChI is InChI=1S/C14H18BrNO2/c1-3-4-5-10-8-11(15)14-12(9-10)16(2)13(17)6-7-18-14/h8-9H,3-7H2,1-2H3. The molecule has 0 saturated heterocycles. The lowest BCUT2D eigenvalue weighted by Gasteiger charge is -2.18. The second-order valence-corrected chi connectivity index (χ2v) is 5.43. The number of nitrogens with zero attached hydrogens (tertiary/aromatic N) is 1. The highest BCUT2D eigenvalue weighted by Gasteiger charge is 2.22. The van der Waals surface area contributed by atoms with Gasteiger partial charge in [0.25, 0.3) is 0 Å². The van der Waals surface area contributed by atoms with Crippen molar-refractivity contribution in [1.29, 1.82) is 0 Å². The second kappa shape index (κ2) is 5.74. The van der Waals surface area contributed by atoms with Crippen molar-refractivity contribution in [2.45, 2.75) is 32.6 Å². The Balaban J connectivity index is 2.39. The van der Waals surface area contributed by atoms with Crippen LogP contribution in [0.15, 0.2) is 16.6 Å². The minimum atomic E-state index is 0.105. The van der Waals surface area contributed by atoms with Gasteiger partial charge in [-0.05, 0) is 46.5 Å². The van der Waals surface area contributed by atoms with Gasteiger partial charge < -0.3 is 9.64 Å². The number of unbranched alkanes of at least 4 members (excludes halogenated alkanes) is 1. The van der Waals surface area contributed by atoms with Gasteiger partial charge in [0.1, 0.15) is 0 Å². The number of ether oxygens (including phenoxy) is 1. The van der Waals surface area contributed by atoms with E-state index in [1.807, 2.05) is 7.05 Å². The van der Waals surface area contributed by atoms with Gasteiger partial charge in [-0.3, -0.25) is 4.79 Å². The number of rotatable bonds is 3. The molecule has 4 heteroatoms. The highest BCUT2D eigenvalue weighted by atomic mass is 79.9. The Bertz CT molecular complexity index is 459. The van der Waals surface area contributed by atoms with Gasteiger partial charge in [0.15, 0.2) is 5.75 Å². The van der Waals surface area contributed by atoms with E-state index in [2.05, 4.69) is 35.0 Å². The summed E-state index contributed by atoms with van der Waals surface area (Å²) in [5.74, 6) is 0.886. The maximum atomic E-state index is 11.8. The zero-order valence-electron chi connectivity index (χ0n) is 10.8. The molecule has 0 fully saturated rings. The molecule has 0 unspecified atom stereocenters. The number of amides is 1. The van der Waals surface area contributed by atoms with E-state index < -0.39 is 0 Å². The number of hydrogen-bond donors (Lipinski definition) is 0. The molecule has 98 valence electrons. The predicted molar refractivity (Wildman–Crippen MR) is 76.3 cm³/mol. The number of halogens is 1. The molecule has 0 radical (unpaired) electrons. The summed E-state index contributed by atoms with van der Waals surface area (Å²) in [7, 11) is 1.81. The third-order valence-corrected chi connectivity index (χ3v) is 3.79. The van der Waals surface area contributed by atoms with E-state index in [-0.39, 0.29) is 5.91 Å². The first kappa shape index (κ1) is 13.4. The second-order valence-electron chi connectivity index (χ2n) is 4.58. The van der Waals surface area contributed by atoms with Crippen molar-refractivity contribution in [2.24, 2.45) is 0 Å². The molecule has 0 N–H and O–H groups in total. The Morgan fingerprint density at radius 2 is 2.22 bits per heavy atom. The van der Waals surface area contributed by atoms with E-state index in [0.29, 0.717) is 13.0 Å². The highest BCUT2D eigenvalue weighted by Crippen LogP contribution is 2.38. The highest BCUT2D eigenvalue weighted by molar-refractivity contribution is 9.10. The molecule has 0 aliphatic carbocycles. The van der Waals surface area contributed by atoms with Gasteiger partial charge in [-0.15, -0.1) is 0 Å². The molecule has 1 aromatic carbocycles. The van der Waals surface area contributed by atoms with Crippen molar-refractivity contribution in [3.63, 3.8) is 0 Å². The van der Waals surface area contributed by atoms with Crippen LogP contribution < -0.4 is 9.64 Å². The first-order valence-corrected chi connectivity index (χ1v) is 7.14. The molecule has 0 aromatic heterocycles. The van der Waals surface area contributed by atoms with Crippen molar-refractivity contribution in [3.8, 4) is 5.75 Å². The van der Waals surface area contributed by atoms with Crippen molar-refractivity contribution in [1.82, 2.24) is 0 Å². The van der Waals surface area contributed by atoms with Crippen LogP contribution in [-0.4, -0.2) is 19.6 Å². The minimum Gasteiger partial charge on any atom is -0.490 e. The third-order valence-electron chi connectivity index (χ3n) is 3.20. The van der Waals surface area contributed by atoms with Gasteiger partial charge in [-0.25, -0.2) is 0 Å². The average molecular weight is 312 g/mol. The number of benzene rings is 1. The van der Waals surface area contributed by atoms with Gasteiger partial charge in [0, 0.05) is 7.05 Å². The van der Waals surface area contributed by atoms with Crippen molar-refractivity contribution in [3.05, 3.63) is 22.2 Å². The Morgan fingerprint density at radius 3 is 2.94 bits per heavy atom. The fourth-order valence-corrected chi connectivity index (χ4v) is 2.70. The minimum absolute atomic E-state index is 0.105. The van der Waals surface area contributed by atoms with Crippen molar-refractivity contribution >= 4 is 27.5 Å². The molecule has 1 heterocycles. The maximum absolute atomic E-state index is 11.8. The molecule has 0 spiro atoms. The monoisotopic (exact) mass is 311 g/mol. The quantitative estimate of drug-likeness (QED) is 0.854. The topological polar surface area (TPSA) is 29.5 Å². The normalized spacial score (nSPS) is 15.1. The average Bonchev–Trinajstić information content (AvgIpc) is 2.49. The lowest BCUT2D eigenvalue weighted by molar-refractivity contribution is -0.118. The molecule has 0 saturated carbocycles. The Hall–Kier alpha value is -1.03. The van der Waals surface area contributed by atoms with Gasteiger partial charge in [-0.1, -0.05) is 13.3 Å². The van der Waals surface area contributed by atoms with Gasteiger partial charge in [-0.2, -0.15) is 0 Å². The van der Waals surface area contributed by atoms with Crippen LogP contribution in [0, 0.1) is 0 Å². The fourth-order valence-electron chi connectivity index (χ4n) is 2.09. The van der Waals surface area contributed by atoms with Crippen LogP contribution in [0.5, 0.6) is 5.75 Å². The number of fused-ring (bicyclic) bond motifs is 1. The van der Waals surface area contributed by atoms with Crippen LogP contribution in [0.1, 0.15) is 31.7 Å². The molecule has 2 rings (SSSR count). The largest absolute Gasteiger partial charge is 0.490 e. The molecule has 18 heavy (non-hydrogen) atoms. The fraction of sp³-hybridized carbons (Fsp3) is 0.500. The van der Waals surface area contributed by atoms with Gasteiger partial charge in [0.05, 0.1) is 23.2 Å². The predicted octanol–water partition coefficient (Wildman–Crippen LogP) is 3.54. The SMILES string of the molecule is CCCCc1cc(Br)c2c(c1)N(C)C(=O)CCO2. The zero-order valence-corrected chi connectivity index (χ0v) is 12.4. The van der Waals surface area contributed by atoms with E-state index in [0.717, 1.165) is 28.8 Å². The molecule has 1 amide bonds. The molecule has 1 aliphatic heterocycles. The van der Waals surface area contributed by atoms with Crippen LogP contribution in [0.25, 0.3) is 0 Å². The van der Waals surface area contributed by atoms with E-state index in [9.17, 15) is 4.79 Å². The summed E-state index contributed by atoms with van der Waals surface area (Å²) in [5.41, 5.74) is 2.12. The molecule has 3 nitrogen and oxygen atoms in total. The maximum Gasteiger partial charge on any atom is 0.230 e. The summed E-state index contributed by atoms with van der Waals surface area (Å²) in [6.45, 7) is 2.63. The smallest absolute Gasteiger partial charge is 0.230 e.